The van der Waals surface area contributed by atoms with Crippen LogP contribution in [-0.2, 0) is 0 Å². The van der Waals surface area contributed by atoms with E-state index >= 15 is 0 Å². The molecule has 1 aromatic carbocycles. The van der Waals surface area contributed by atoms with Crippen LogP contribution in [-0.4, -0.2) is 23.8 Å². The fourth-order valence-corrected chi connectivity index (χ4v) is 1.52. The van der Waals surface area contributed by atoms with Crippen molar-refractivity contribution >= 4 is 11.8 Å². The van der Waals surface area contributed by atoms with Gasteiger partial charge in [0, 0.05) is 18.2 Å². The average molecular weight is 213 g/mol. The third kappa shape index (κ3) is 1.80. The van der Waals surface area contributed by atoms with Gasteiger partial charge in [0.05, 0.1) is 0 Å². The summed E-state index contributed by atoms with van der Waals surface area (Å²) in [4.78, 5) is 24.6. The number of rotatable bonds is 0. The molecule has 0 spiro atoms. The predicted octanol–water partition coefficient (Wildman–Crippen LogP) is 2.04. The number of fused-ring (bicyclic) bond motifs is 2. The Labute approximate surface area is 93.6 Å². The van der Waals surface area contributed by atoms with E-state index in [4.69, 9.17) is 0 Å². The fraction of sp³-hybridized carbons (Fsp3) is 0.0769. The van der Waals surface area contributed by atoms with Crippen molar-refractivity contribution in [3.63, 3.8) is 0 Å². The monoisotopic (exact) mass is 213 g/mol. The Kier molecular flexibility index (Phi) is 2.68. The maximum atomic E-state index is 11.7. The van der Waals surface area contributed by atoms with Gasteiger partial charge in [0.1, 0.15) is 0 Å². The number of hydrogen-bond acceptors (Lipinski definition) is 2. The highest BCUT2D eigenvalue weighted by Crippen LogP contribution is 2.13. The second kappa shape index (κ2) is 4.14. The average Bonchev–Trinajstić information content (AvgIpc) is 2.30. The first-order chi connectivity index (χ1) is 7.70. The normalized spacial score (nSPS) is 13.4. The maximum Gasteiger partial charge on any atom is 0.260 e. The molecule has 1 aliphatic rings. The van der Waals surface area contributed by atoms with Crippen molar-refractivity contribution < 1.29 is 9.59 Å². The molecule has 0 aromatic heterocycles. The van der Waals surface area contributed by atoms with Crippen LogP contribution in [0.3, 0.4) is 0 Å². The van der Waals surface area contributed by atoms with Crippen molar-refractivity contribution in [1.29, 1.82) is 0 Å². The van der Waals surface area contributed by atoms with Gasteiger partial charge in [-0.1, -0.05) is 30.3 Å². The molecule has 0 unspecified atom stereocenters. The van der Waals surface area contributed by atoms with Crippen molar-refractivity contribution in [2.24, 2.45) is 0 Å². The van der Waals surface area contributed by atoms with Crippen molar-refractivity contribution in [1.82, 2.24) is 4.90 Å². The molecule has 3 nitrogen and oxygen atoms in total. The minimum absolute atomic E-state index is 0.267. The third-order valence-electron chi connectivity index (χ3n) is 2.41. The highest BCUT2D eigenvalue weighted by Gasteiger charge is 2.24. The molecule has 0 atom stereocenters. The standard InChI is InChI=1S/C13H11NO2/c1-14-12(15)10-7-5-3-2-4-6-8-11(9-10)13(14)16/h2-9H,1H3. The zero-order chi connectivity index (χ0) is 11.5. The van der Waals surface area contributed by atoms with Crippen LogP contribution in [0, 0.1) is 0 Å². The molecule has 0 radical (unpaired) electrons. The molecule has 0 aliphatic carbocycles. The Balaban J connectivity index is 2.72. The minimum atomic E-state index is -0.267. The van der Waals surface area contributed by atoms with Gasteiger partial charge in [-0.15, -0.1) is 0 Å². The lowest BCUT2D eigenvalue weighted by atomic mass is 10.1. The molecule has 0 N–H and O–H groups in total. The highest BCUT2D eigenvalue weighted by atomic mass is 16.2. The summed E-state index contributed by atoms with van der Waals surface area (Å²) in [6.07, 6.45) is 0. The largest absolute Gasteiger partial charge is 0.278 e. The summed E-state index contributed by atoms with van der Waals surface area (Å²) in [5.74, 6) is -0.535. The molecule has 1 aliphatic heterocycles. The van der Waals surface area contributed by atoms with E-state index in [1.54, 1.807) is 30.3 Å². The van der Waals surface area contributed by atoms with Gasteiger partial charge in [-0.25, -0.2) is 0 Å². The Morgan fingerprint density at radius 3 is 1.75 bits per heavy atom. The van der Waals surface area contributed by atoms with E-state index in [0.717, 1.165) is 4.90 Å². The van der Waals surface area contributed by atoms with Gasteiger partial charge in [0.2, 0.25) is 0 Å². The van der Waals surface area contributed by atoms with Crippen LogP contribution in [0.15, 0.2) is 48.5 Å². The van der Waals surface area contributed by atoms with E-state index in [0.29, 0.717) is 11.1 Å². The van der Waals surface area contributed by atoms with Crippen LogP contribution >= 0.6 is 0 Å². The molecular weight excluding hydrogens is 202 g/mol. The lowest BCUT2D eigenvalue weighted by Gasteiger charge is -2.19. The van der Waals surface area contributed by atoms with E-state index in [9.17, 15) is 9.59 Å². The third-order valence-corrected chi connectivity index (χ3v) is 2.41. The molecule has 2 amide bonds. The number of carbonyl (C=O) groups is 2. The van der Waals surface area contributed by atoms with Crippen LogP contribution in [0.2, 0.25) is 0 Å². The molecule has 80 valence electrons. The quantitative estimate of drug-likeness (QED) is 0.618. The molecule has 0 fully saturated rings. The van der Waals surface area contributed by atoms with Crippen molar-refractivity contribution in [2.45, 2.75) is 0 Å². The van der Waals surface area contributed by atoms with E-state index in [-0.39, 0.29) is 11.8 Å². The summed E-state index contributed by atoms with van der Waals surface area (Å²) in [7, 11) is 1.49. The van der Waals surface area contributed by atoms with Gasteiger partial charge in [-0.3, -0.25) is 14.5 Å². The molecule has 0 saturated carbocycles. The molecule has 2 rings (SSSR count). The fourth-order valence-electron chi connectivity index (χ4n) is 1.52. The highest BCUT2D eigenvalue weighted by molar-refractivity contribution is 6.13. The smallest absolute Gasteiger partial charge is 0.260 e. The van der Waals surface area contributed by atoms with Crippen molar-refractivity contribution in [3.05, 3.63) is 59.7 Å². The molecule has 2 bridgehead atoms. The number of carbonyl (C=O) groups excluding carboxylic acids is 2. The van der Waals surface area contributed by atoms with Gasteiger partial charge in [0.25, 0.3) is 11.8 Å². The number of hydrogen-bond donors (Lipinski definition) is 0. The van der Waals surface area contributed by atoms with Crippen LogP contribution in [0.1, 0.15) is 20.7 Å². The van der Waals surface area contributed by atoms with E-state index in [1.807, 2.05) is 18.2 Å². The summed E-state index contributed by atoms with van der Waals surface area (Å²) < 4.78 is 0. The van der Waals surface area contributed by atoms with Crippen LogP contribution in [0.4, 0.5) is 0 Å². The van der Waals surface area contributed by atoms with E-state index < -0.39 is 0 Å². The number of nitrogens with zero attached hydrogens (tertiary/aromatic N) is 1. The SMILES string of the molecule is CN1C(=O)c2cccccccc(c2)C1=O. The second-order valence-corrected chi connectivity index (χ2v) is 3.52. The van der Waals surface area contributed by atoms with Crippen LogP contribution in [0.25, 0.3) is 0 Å². The van der Waals surface area contributed by atoms with Crippen molar-refractivity contribution in [3.8, 4) is 0 Å². The van der Waals surface area contributed by atoms with Gasteiger partial charge in [-0.2, -0.15) is 0 Å². The molecule has 3 heteroatoms. The second-order valence-electron chi connectivity index (χ2n) is 3.52. The zero-order valence-electron chi connectivity index (χ0n) is 8.88. The lowest BCUT2D eigenvalue weighted by Crippen LogP contribution is -2.35. The van der Waals surface area contributed by atoms with Crippen LogP contribution < -0.4 is 0 Å². The zero-order valence-corrected chi connectivity index (χ0v) is 8.88. The first kappa shape index (κ1) is 10.4. The Bertz CT molecular complexity index is 465. The van der Waals surface area contributed by atoms with Gasteiger partial charge in [-0.05, 0) is 18.2 Å². The van der Waals surface area contributed by atoms with E-state index in [2.05, 4.69) is 0 Å². The minimum Gasteiger partial charge on any atom is -0.278 e. The first-order valence-corrected chi connectivity index (χ1v) is 4.96. The molecule has 16 heavy (non-hydrogen) atoms. The summed E-state index contributed by atoms with van der Waals surface area (Å²) in [5, 5.41) is 0. The number of imide groups is 1. The maximum absolute atomic E-state index is 11.7. The van der Waals surface area contributed by atoms with Crippen LogP contribution in [0.5, 0.6) is 0 Å². The summed E-state index contributed by atoms with van der Waals surface area (Å²) in [6.45, 7) is 0. The Morgan fingerprint density at radius 1 is 0.812 bits per heavy atom. The van der Waals surface area contributed by atoms with Gasteiger partial charge in [0.15, 0.2) is 0 Å². The summed E-state index contributed by atoms with van der Waals surface area (Å²) in [6, 6.07) is 14.1. The topological polar surface area (TPSA) is 37.4 Å². The predicted molar refractivity (Wildman–Crippen MR) is 60.5 cm³/mol. The molecule has 1 heterocycles. The van der Waals surface area contributed by atoms with E-state index in [1.165, 1.54) is 7.05 Å². The Hall–Kier alpha value is -2.16. The van der Waals surface area contributed by atoms with Gasteiger partial charge < -0.3 is 0 Å². The summed E-state index contributed by atoms with van der Waals surface area (Å²) >= 11 is 0. The van der Waals surface area contributed by atoms with Gasteiger partial charge >= 0.3 is 0 Å². The Morgan fingerprint density at radius 2 is 1.25 bits per heavy atom. The first-order valence-electron chi connectivity index (χ1n) is 4.96. The molecule has 1 aromatic rings. The molecule has 0 saturated heterocycles. The number of amides is 2. The molecular formula is C13H11NO2. The van der Waals surface area contributed by atoms with Crippen molar-refractivity contribution in [2.75, 3.05) is 7.05 Å². The lowest BCUT2D eigenvalue weighted by molar-refractivity contribution is 0.0646. The summed E-state index contributed by atoms with van der Waals surface area (Å²) in [5.41, 5.74) is 1.04.